The molecule has 0 spiro atoms. The van der Waals surface area contributed by atoms with Crippen LogP contribution in [0.4, 0.5) is 0 Å². The van der Waals surface area contributed by atoms with Gasteiger partial charge in [0.2, 0.25) is 0 Å². The standard InChI is InChI=1S/C23H29N5O3PS/c1-6-15-23(4,26-27-24)31-21-11-7-18(8-12-21)16-25-28(5)32(33)22(2,3)30-20-13-9-19(17-29)10-14-20/h7-14,16-17H,6,15H2,1-5H3/q+1/b25-16+. The minimum atomic E-state index is -1.19. The van der Waals surface area contributed by atoms with Gasteiger partial charge in [0.1, 0.15) is 17.8 Å². The first-order chi connectivity index (χ1) is 15.6. The number of rotatable bonds is 12. The van der Waals surface area contributed by atoms with E-state index in [9.17, 15) is 4.79 Å². The van der Waals surface area contributed by atoms with Crippen LogP contribution >= 0.6 is 6.85 Å². The molecule has 0 aliphatic rings. The fraction of sp³-hybridized carbons (Fsp3) is 0.391. The summed E-state index contributed by atoms with van der Waals surface area (Å²) in [5, 5.41) is 7.63. The molecule has 0 N–H and O–H groups in total. The van der Waals surface area contributed by atoms with Gasteiger partial charge in [-0.3, -0.25) is 4.79 Å². The Hall–Kier alpha value is -2.99. The summed E-state index contributed by atoms with van der Waals surface area (Å²) in [6, 6.07) is 14.3. The number of ether oxygens (including phenoxy) is 2. The Labute approximate surface area is 200 Å². The third kappa shape index (κ3) is 7.82. The maximum Gasteiger partial charge on any atom is 0.358 e. The highest BCUT2D eigenvalue weighted by atomic mass is 32.4. The van der Waals surface area contributed by atoms with Crippen molar-refractivity contribution in [3.05, 3.63) is 70.1 Å². The van der Waals surface area contributed by atoms with Crippen LogP contribution in [0.1, 0.15) is 56.5 Å². The molecule has 0 aliphatic carbocycles. The molecule has 0 aliphatic heterocycles. The summed E-state index contributed by atoms with van der Waals surface area (Å²) < 4.78 is 13.7. The van der Waals surface area contributed by atoms with Crippen molar-refractivity contribution < 1.29 is 14.3 Å². The Kier molecular flexibility index (Phi) is 9.35. The summed E-state index contributed by atoms with van der Waals surface area (Å²) >= 11 is 5.73. The fourth-order valence-electron chi connectivity index (χ4n) is 3.04. The minimum Gasteiger partial charge on any atom is -0.481 e. The van der Waals surface area contributed by atoms with Gasteiger partial charge >= 0.3 is 6.85 Å². The van der Waals surface area contributed by atoms with E-state index in [-0.39, 0.29) is 0 Å². The molecule has 0 saturated carbocycles. The molecule has 2 rings (SSSR count). The molecule has 0 heterocycles. The number of hydrogen-bond acceptors (Lipinski definition) is 6. The van der Waals surface area contributed by atoms with Gasteiger partial charge in [-0.05, 0) is 78.1 Å². The average molecular weight is 487 g/mol. The van der Waals surface area contributed by atoms with Crippen molar-refractivity contribution in [1.29, 1.82) is 0 Å². The normalized spacial score (nSPS) is 13.5. The average Bonchev–Trinajstić information content (AvgIpc) is 2.78. The zero-order valence-corrected chi connectivity index (χ0v) is 21.2. The topological polar surface area (TPSA) is 99.9 Å². The van der Waals surface area contributed by atoms with Gasteiger partial charge in [-0.1, -0.05) is 13.3 Å². The van der Waals surface area contributed by atoms with E-state index in [4.69, 9.17) is 26.8 Å². The maximum atomic E-state index is 10.8. The van der Waals surface area contributed by atoms with E-state index in [2.05, 4.69) is 15.1 Å². The van der Waals surface area contributed by atoms with Crippen molar-refractivity contribution in [1.82, 2.24) is 4.78 Å². The van der Waals surface area contributed by atoms with Crippen LogP contribution in [0.3, 0.4) is 0 Å². The molecule has 0 aromatic heterocycles. The van der Waals surface area contributed by atoms with E-state index >= 15 is 0 Å². The van der Waals surface area contributed by atoms with Crippen LogP contribution in [0.2, 0.25) is 0 Å². The molecule has 2 unspecified atom stereocenters. The highest BCUT2D eigenvalue weighted by Crippen LogP contribution is 2.43. The van der Waals surface area contributed by atoms with Crippen LogP contribution in [0.15, 0.2) is 58.7 Å². The van der Waals surface area contributed by atoms with Gasteiger partial charge in [0, 0.05) is 24.3 Å². The minimum absolute atomic E-state index is 0.590. The molecule has 2 aromatic rings. The maximum absolute atomic E-state index is 10.8. The van der Waals surface area contributed by atoms with Gasteiger partial charge in [-0.2, -0.15) is 0 Å². The Morgan fingerprint density at radius 3 is 2.12 bits per heavy atom. The first-order valence-electron chi connectivity index (χ1n) is 10.5. The van der Waals surface area contributed by atoms with E-state index < -0.39 is 17.9 Å². The number of nitrogens with zero attached hydrogens (tertiary/aromatic N) is 5. The molecular formula is C23H29N5O3PS+. The van der Waals surface area contributed by atoms with Crippen molar-refractivity contribution >= 4 is 31.2 Å². The summed E-state index contributed by atoms with van der Waals surface area (Å²) in [5.74, 6) is 1.26. The molecule has 10 heteroatoms. The Balaban J connectivity index is 2.03. The zero-order chi connectivity index (χ0) is 24.5. The van der Waals surface area contributed by atoms with E-state index in [1.54, 1.807) is 42.2 Å². The number of azide groups is 1. The van der Waals surface area contributed by atoms with Crippen LogP contribution in [-0.2, 0) is 11.8 Å². The molecule has 2 atom stereocenters. The highest BCUT2D eigenvalue weighted by molar-refractivity contribution is 8.04. The number of carbonyl (C=O) groups excluding carboxylic acids is 1. The summed E-state index contributed by atoms with van der Waals surface area (Å²) in [6.45, 7) is 6.44. The van der Waals surface area contributed by atoms with Gasteiger partial charge in [0.25, 0.3) is 5.34 Å². The summed E-state index contributed by atoms with van der Waals surface area (Å²) in [6.07, 6.45) is 3.96. The van der Waals surface area contributed by atoms with Gasteiger partial charge in [-0.15, -0.1) is 9.88 Å². The van der Waals surface area contributed by atoms with E-state index in [0.717, 1.165) is 18.3 Å². The number of benzene rings is 2. The second-order valence-electron chi connectivity index (χ2n) is 8.03. The summed E-state index contributed by atoms with van der Waals surface area (Å²) in [7, 11) is 1.82. The molecule has 0 bridgehead atoms. The van der Waals surface area contributed by atoms with Gasteiger partial charge in [0.15, 0.2) is 17.5 Å². The zero-order valence-electron chi connectivity index (χ0n) is 19.5. The molecule has 2 aromatic carbocycles. The van der Waals surface area contributed by atoms with E-state index in [0.29, 0.717) is 23.5 Å². The monoisotopic (exact) mass is 486 g/mol. The lowest BCUT2D eigenvalue weighted by molar-refractivity contribution is 0.0857. The predicted molar refractivity (Wildman–Crippen MR) is 136 cm³/mol. The molecule has 0 amide bonds. The lowest BCUT2D eigenvalue weighted by atomic mass is 10.1. The molecule has 8 nitrogen and oxygen atoms in total. The number of aldehydes is 1. The van der Waals surface area contributed by atoms with Crippen LogP contribution in [0, 0.1) is 0 Å². The SMILES string of the molecule is CCCC(C)(N=[N+]=[N-])Oc1ccc(/C=N/N(C)[P+](=S)C(C)(C)Oc2ccc(C=O)cc2)cc1. The van der Waals surface area contributed by atoms with Crippen LogP contribution in [0.25, 0.3) is 10.4 Å². The number of hydrazone groups is 1. The van der Waals surface area contributed by atoms with Crippen molar-refractivity contribution in [3.8, 4) is 11.5 Å². The molecular weight excluding hydrogens is 457 g/mol. The Bertz CT molecular complexity index is 1040. The summed E-state index contributed by atoms with van der Waals surface area (Å²) in [4.78, 5) is 13.7. The lowest BCUT2D eigenvalue weighted by Crippen LogP contribution is -2.28. The largest absolute Gasteiger partial charge is 0.481 e. The predicted octanol–water partition coefficient (Wildman–Crippen LogP) is 6.64. The Morgan fingerprint density at radius 2 is 1.61 bits per heavy atom. The van der Waals surface area contributed by atoms with E-state index in [1.807, 2.05) is 52.1 Å². The summed E-state index contributed by atoms with van der Waals surface area (Å²) in [5.41, 5.74) is 9.35. The number of carbonyl (C=O) groups is 1. The van der Waals surface area contributed by atoms with Crippen molar-refractivity contribution in [2.45, 2.75) is 51.6 Å². The first kappa shape index (κ1) is 26.3. The number of hydrogen-bond donors (Lipinski definition) is 0. The molecule has 0 saturated heterocycles. The molecule has 174 valence electrons. The third-order valence-electron chi connectivity index (χ3n) is 4.67. The molecule has 0 radical (unpaired) electrons. The van der Waals surface area contributed by atoms with Gasteiger partial charge < -0.3 is 9.47 Å². The molecule has 0 fully saturated rings. The first-order valence-corrected chi connectivity index (χ1v) is 12.8. The van der Waals surface area contributed by atoms with E-state index in [1.165, 1.54) is 0 Å². The fourth-order valence-corrected chi connectivity index (χ4v) is 4.31. The second kappa shape index (κ2) is 11.8. The van der Waals surface area contributed by atoms with Crippen molar-refractivity contribution in [2.75, 3.05) is 7.05 Å². The Morgan fingerprint density at radius 1 is 1.06 bits per heavy atom. The second-order valence-corrected chi connectivity index (χ2v) is 11.3. The van der Waals surface area contributed by atoms with Crippen molar-refractivity contribution in [2.24, 2.45) is 10.2 Å². The van der Waals surface area contributed by atoms with Crippen molar-refractivity contribution in [3.63, 3.8) is 0 Å². The van der Waals surface area contributed by atoms with Crippen LogP contribution < -0.4 is 9.47 Å². The lowest BCUT2D eigenvalue weighted by Gasteiger charge is -2.25. The third-order valence-corrected chi connectivity index (χ3v) is 8.34. The molecule has 33 heavy (non-hydrogen) atoms. The van der Waals surface area contributed by atoms with Gasteiger partial charge in [-0.25, -0.2) is 0 Å². The smallest absolute Gasteiger partial charge is 0.358 e. The van der Waals surface area contributed by atoms with Crippen LogP contribution in [0.5, 0.6) is 11.5 Å². The quantitative estimate of drug-likeness (QED) is 0.0636. The van der Waals surface area contributed by atoms with Gasteiger partial charge in [0.05, 0.1) is 13.3 Å². The van der Waals surface area contributed by atoms with Crippen LogP contribution in [-0.4, -0.2) is 35.4 Å². The highest BCUT2D eigenvalue weighted by Gasteiger charge is 2.41.